The summed E-state index contributed by atoms with van der Waals surface area (Å²) in [7, 11) is 0. The molecule has 8 heteroatoms. The van der Waals surface area contributed by atoms with Crippen LogP contribution in [0.2, 0.25) is 0 Å². The van der Waals surface area contributed by atoms with E-state index in [9.17, 15) is 14.4 Å². The summed E-state index contributed by atoms with van der Waals surface area (Å²) >= 11 is 1.34. The SMILES string of the molecule is CC(C)c1nnc(NC(=O)CCN2C(=O)C3C4C=CC(C4)C3C2=O)s1. The van der Waals surface area contributed by atoms with E-state index in [2.05, 4.69) is 27.7 Å². The molecule has 0 radical (unpaired) electrons. The van der Waals surface area contributed by atoms with Crippen molar-refractivity contribution in [3.05, 3.63) is 17.2 Å². The predicted molar refractivity (Wildman–Crippen MR) is 91.7 cm³/mol. The Kier molecular flexibility index (Phi) is 3.94. The minimum Gasteiger partial charge on any atom is -0.300 e. The summed E-state index contributed by atoms with van der Waals surface area (Å²) in [5.41, 5.74) is 0. The zero-order chi connectivity index (χ0) is 17.7. The molecule has 1 saturated heterocycles. The maximum absolute atomic E-state index is 12.6. The Balaban J connectivity index is 1.34. The molecule has 1 saturated carbocycles. The first kappa shape index (κ1) is 16.4. The van der Waals surface area contributed by atoms with Gasteiger partial charge in [0.05, 0.1) is 11.8 Å². The van der Waals surface area contributed by atoms with Gasteiger partial charge in [-0.3, -0.25) is 19.3 Å². The topological polar surface area (TPSA) is 92.3 Å². The first-order valence-electron chi connectivity index (χ1n) is 8.62. The summed E-state index contributed by atoms with van der Waals surface area (Å²) in [6.07, 6.45) is 5.12. The molecule has 2 heterocycles. The van der Waals surface area contributed by atoms with E-state index in [1.54, 1.807) is 0 Å². The summed E-state index contributed by atoms with van der Waals surface area (Å²) in [5, 5.41) is 12.0. The van der Waals surface area contributed by atoms with Gasteiger partial charge in [0.15, 0.2) is 0 Å². The third kappa shape index (κ3) is 2.68. The number of hydrogen-bond donors (Lipinski definition) is 1. The number of fused-ring (bicyclic) bond motifs is 5. The summed E-state index contributed by atoms with van der Waals surface area (Å²) < 4.78 is 0. The Bertz CT molecular complexity index is 742. The van der Waals surface area contributed by atoms with E-state index in [1.165, 1.54) is 16.2 Å². The van der Waals surface area contributed by atoms with Crippen LogP contribution < -0.4 is 5.32 Å². The van der Waals surface area contributed by atoms with Gasteiger partial charge in [-0.15, -0.1) is 10.2 Å². The molecule has 4 rings (SSSR count). The number of nitrogens with zero attached hydrogens (tertiary/aromatic N) is 3. The molecule has 0 aromatic carbocycles. The largest absolute Gasteiger partial charge is 0.300 e. The van der Waals surface area contributed by atoms with Crippen LogP contribution in [-0.2, 0) is 14.4 Å². The second-order valence-corrected chi connectivity index (χ2v) is 8.24. The molecule has 3 amide bonds. The van der Waals surface area contributed by atoms with E-state index in [0.717, 1.165) is 11.4 Å². The van der Waals surface area contributed by atoms with Gasteiger partial charge in [-0.1, -0.05) is 37.3 Å². The number of rotatable bonds is 5. The van der Waals surface area contributed by atoms with E-state index >= 15 is 0 Å². The zero-order valence-corrected chi connectivity index (χ0v) is 15.0. The van der Waals surface area contributed by atoms with Gasteiger partial charge in [0.1, 0.15) is 5.01 Å². The highest BCUT2D eigenvalue weighted by atomic mass is 32.1. The molecule has 4 unspecified atom stereocenters. The van der Waals surface area contributed by atoms with Gasteiger partial charge in [0.25, 0.3) is 0 Å². The van der Waals surface area contributed by atoms with Gasteiger partial charge in [-0.25, -0.2) is 0 Å². The highest BCUT2D eigenvalue weighted by Gasteiger charge is 2.58. The quantitative estimate of drug-likeness (QED) is 0.638. The molecule has 2 fully saturated rings. The normalized spacial score (nSPS) is 29.8. The van der Waals surface area contributed by atoms with Crippen LogP contribution in [0.25, 0.3) is 0 Å². The lowest BCUT2D eigenvalue weighted by Crippen LogP contribution is -2.35. The van der Waals surface area contributed by atoms with Crippen LogP contribution in [0.3, 0.4) is 0 Å². The van der Waals surface area contributed by atoms with Gasteiger partial charge in [-0.2, -0.15) is 0 Å². The number of hydrogen-bond acceptors (Lipinski definition) is 6. The van der Waals surface area contributed by atoms with Crippen molar-refractivity contribution in [2.45, 2.75) is 32.6 Å². The first-order valence-corrected chi connectivity index (χ1v) is 9.44. The van der Waals surface area contributed by atoms with Crippen LogP contribution in [0.4, 0.5) is 5.13 Å². The number of carbonyl (C=O) groups excluding carboxylic acids is 3. The number of anilines is 1. The standard InChI is InChI=1S/C17H20N4O3S/c1-8(2)14-19-20-17(25-14)18-11(22)5-6-21-15(23)12-9-3-4-10(7-9)13(12)16(21)24/h3-4,8-10,12-13H,5-7H2,1-2H3,(H,18,20,22). The smallest absolute Gasteiger partial charge is 0.233 e. The average molecular weight is 360 g/mol. The Morgan fingerprint density at radius 2 is 1.88 bits per heavy atom. The van der Waals surface area contributed by atoms with Crippen molar-refractivity contribution in [1.29, 1.82) is 0 Å². The summed E-state index contributed by atoms with van der Waals surface area (Å²) in [6, 6.07) is 0. The monoisotopic (exact) mass is 360 g/mol. The Morgan fingerprint density at radius 3 is 2.44 bits per heavy atom. The van der Waals surface area contributed by atoms with Gasteiger partial charge in [-0.05, 0) is 18.3 Å². The average Bonchev–Trinajstić information content (AvgIpc) is 3.31. The summed E-state index contributed by atoms with van der Waals surface area (Å²) in [4.78, 5) is 38.5. The molecule has 2 aliphatic carbocycles. The van der Waals surface area contributed by atoms with Crippen molar-refractivity contribution in [2.75, 3.05) is 11.9 Å². The van der Waals surface area contributed by atoms with Crippen LogP contribution in [0.1, 0.15) is 37.6 Å². The molecule has 4 atom stereocenters. The third-order valence-corrected chi connectivity index (χ3v) is 6.44. The number of imide groups is 1. The second-order valence-electron chi connectivity index (χ2n) is 7.23. The molecule has 132 valence electrons. The van der Waals surface area contributed by atoms with Crippen LogP contribution in [0, 0.1) is 23.7 Å². The molecule has 7 nitrogen and oxygen atoms in total. The zero-order valence-electron chi connectivity index (χ0n) is 14.1. The highest BCUT2D eigenvalue weighted by Crippen LogP contribution is 2.52. The Labute approximate surface area is 149 Å². The number of likely N-dealkylation sites (tertiary alicyclic amines) is 1. The summed E-state index contributed by atoms with van der Waals surface area (Å²) in [6.45, 7) is 4.15. The van der Waals surface area contributed by atoms with Crippen molar-refractivity contribution < 1.29 is 14.4 Å². The molecular weight excluding hydrogens is 340 g/mol. The number of nitrogens with one attached hydrogen (secondary N) is 1. The van der Waals surface area contributed by atoms with Gasteiger partial charge >= 0.3 is 0 Å². The Morgan fingerprint density at radius 1 is 1.24 bits per heavy atom. The number of amides is 3. The minimum atomic E-state index is -0.259. The van der Waals surface area contributed by atoms with E-state index in [-0.39, 0.29) is 60.3 Å². The maximum Gasteiger partial charge on any atom is 0.233 e. The number of aromatic nitrogens is 2. The van der Waals surface area contributed by atoms with Gasteiger partial charge in [0.2, 0.25) is 22.9 Å². The lowest BCUT2D eigenvalue weighted by atomic mass is 9.85. The minimum absolute atomic E-state index is 0.0796. The molecule has 0 spiro atoms. The van der Waals surface area contributed by atoms with E-state index in [4.69, 9.17) is 0 Å². The van der Waals surface area contributed by atoms with E-state index in [1.807, 2.05) is 13.8 Å². The fourth-order valence-corrected chi connectivity index (χ4v) is 4.86. The van der Waals surface area contributed by atoms with Crippen LogP contribution in [-0.4, -0.2) is 39.4 Å². The lowest BCUT2D eigenvalue weighted by molar-refractivity contribution is -0.140. The van der Waals surface area contributed by atoms with Gasteiger partial charge < -0.3 is 5.32 Å². The number of carbonyl (C=O) groups is 3. The van der Waals surface area contributed by atoms with Crippen LogP contribution in [0.5, 0.6) is 0 Å². The fourth-order valence-electron chi connectivity index (χ4n) is 4.10. The van der Waals surface area contributed by atoms with Gasteiger partial charge in [0, 0.05) is 18.9 Å². The number of allylic oxidation sites excluding steroid dienone is 2. The van der Waals surface area contributed by atoms with E-state index in [0.29, 0.717) is 5.13 Å². The molecule has 1 N–H and O–H groups in total. The van der Waals surface area contributed by atoms with E-state index < -0.39 is 0 Å². The van der Waals surface area contributed by atoms with Crippen molar-refractivity contribution in [3.8, 4) is 0 Å². The second kappa shape index (κ2) is 6.01. The Hall–Kier alpha value is -2.09. The third-order valence-electron chi connectivity index (χ3n) is 5.30. The van der Waals surface area contributed by atoms with Crippen molar-refractivity contribution in [2.24, 2.45) is 23.7 Å². The molecule has 1 aromatic heterocycles. The molecule has 25 heavy (non-hydrogen) atoms. The highest BCUT2D eigenvalue weighted by molar-refractivity contribution is 7.15. The predicted octanol–water partition coefficient (Wildman–Crippen LogP) is 1.80. The van der Waals surface area contributed by atoms with Crippen molar-refractivity contribution in [1.82, 2.24) is 15.1 Å². The maximum atomic E-state index is 12.6. The van der Waals surface area contributed by atoms with Crippen molar-refractivity contribution >= 4 is 34.2 Å². The summed E-state index contributed by atoms with van der Waals surface area (Å²) in [5.74, 6) is -0.251. The van der Waals surface area contributed by atoms with Crippen LogP contribution in [0.15, 0.2) is 12.2 Å². The lowest BCUT2D eigenvalue weighted by Gasteiger charge is -2.16. The molecule has 2 bridgehead atoms. The van der Waals surface area contributed by atoms with Crippen LogP contribution >= 0.6 is 11.3 Å². The molecule has 1 aliphatic heterocycles. The molecule has 1 aromatic rings. The molecular formula is C17H20N4O3S. The first-order chi connectivity index (χ1) is 12.0. The fraction of sp³-hybridized carbons (Fsp3) is 0.588. The molecule has 3 aliphatic rings. The van der Waals surface area contributed by atoms with Crippen molar-refractivity contribution in [3.63, 3.8) is 0 Å².